The summed E-state index contributed by atoms with van der Waals surface area (Å²) in [4.78, 5) is 12.4. The van der Waals surface area contributed by atoms with E-state index < -0.39 is 0 Å². The van der Waals surface area contributed by atoms with E-state index in [4.69, 9.17) is 4.42 Å². The van der Waals surface area contributed by atoms with Gasteiger partial charge in [0.05, 0.1) is 5.39 Å². The van der Waals surface area contributed by atoms with Gasteiger partial charge in [0.15, 0.2) is 5.43 Å². The van der Waals surface area contributed by atoms with Gasteiger partial charge in [-0.25, -0.2) is 0 Å². The molecule has 18 heavy (non-hydrogen) atoms. The Hall–Kier alpha value is -2.35. The van der Waals surface area contributed by atoms with Crippen LogP contribution in [0.15, 0.2) is 41.1 Å². The molecule has 2 rings (SSSR count). The Balaban J connectivity index is 3.07. The van der Waals surface area contributed by atoms with Crippen molar-refractivity contribution < 1.29 is 4.42 Å². The highest BCUT2D eigenvalue weighted by atomic mass is 16.3. The van der Waals surface area contributed by atoms with Gasteiger partial charge in [-0.15, -0.1) is 0 Å². The van der Waals surface area contributed by atoms with E-state index in [9.17, 15) is 4.79 Å². The molecular weight excluding hydrogens is 224 g/mol. The molecule has 0 aliphatic heterocycles. The first-order valence-electron chi connectivity index (χ1n) is 5.61. The summed E-state index contributed by atoms with van der Waals surface area (Å²) >= 11 is 0. The van der Waals surface area contributed by atoms with Gasteiger partial charge in [-0.05, 0) is 30.2 Å². The van der Waals surface area contributed by atoms with E-state index in [0.29, 0.717) is 22.3 Å². The minimum absolute atomic E-state index is 0.0512. The predicted octanol–water partition coefficient (Wildman–Crippen LogP) is 4.03. The molecule has 0 aliphatic carbocycles. The Bertz CT molecular complexity index is 718. The summed E-state index contributed by atoms with van der Waals surface area (Å²) in [7, 11) is 0. The molecule has 0 saturated carbocycles. The monoisotopic (exact) mass is 238 g/mol. The molecule has 0 unspecified atom stereocenters. The maximum absolute atomic E-state index is 12.4. The molecule has 2 nitrogen and oxygen atoms in total. The van der Waals surface area contributed by atoms with Crippen LogP contribution in [0.1, 0.15) is 22.5 Å². The van der Waals surface area contributed by atoms with Crippen molar-refractivity contribution >= 4 is 29.2 Å². The van der Waals surface area contributed by atoms with Crippen LogP contribution < -0.4 is 5.43 Å². The van der Waals surface area contributed by atoms with E-state index in [-0.39, 0.29) is 5.43 Å². The number of hydrogen-bond acceptors (Lipinski definition) is 2. The fourth-order valence-corrected chi connectivity index (χ4v) is 2.02. The first-order valence-corrected chi connectivity index (χ1v) is 5.61. The molecular formula is C16H14O2. The fourth-order valence-electron chi connectivity index (χ4n) is 2.02. The molecule has 90 valence electrons. The van der Waals surface area contributed by atoms with Gasteiger partial charge >= 0.3 is 0 Å². The largest absolute Gasteiger partial charge is 0.456 e. The summed E-state index contributed by atoms with van der Waals surface area (Å²) in [6.07, 6.45) is 4.90. The highest BCUT2D eigenvalue weighted by molar-refractivity contribution is 5.91. The first-order chi connectivity index (χ1) is 8.63. The number of benzene rings is 1. The Morgan fingerprint density at radius 1 is 1.11 bits per heavy atom. The summed E-state index contributed by atoms with van der Waals surface area (Å²) in [5.41, 5.74) is 2.68. The van der Waals surface area contributed by atoms with Gasteiger partial charge in [0, 0.05) is 5.56 Å². The van der Waals surface area contributed by atoms with Gasteiger partial charge in [-0.3, -0.25) is 4.79 Å². The van der Waals surface area contributed by atoms with E-state index >= 15 is 0 Å². The van der Waals surface area contributed by atoms with E-state index in [1.807, 2.05) is 6.07 Å². The SMILES string of the molecule is C=Cc1ccc2oc(C=C)c(C)c(=O)c2c1C=C. The van der Waals surface area contributed by atoms with Crippen molar-refractivity contribution in [2.45, 2.75) is 6.92 Å². The Kier molecular flexibility index (Phi) is 3.02. The van der Waals surface area contributed by atoms with Crippen LogP contribution in [0.2, 0.25) is 0 Å². The third-order valence-electron chi connectivity index (χ3n) is 3.01. The Morgan fingerprint density at radius 3 is 2.39 bits per heavy atom. The highest BCUT2D eigenvalue weighted by Crippen LogP contribution is 2.24. The molecule has 1 aromatic heterocycles. The molecule has 0 aliphatic rings. The van der Waals surface area contributed by atoms with E-state index in [2.05, 4.69) is 19.7 Å². The van der Waals surface area contributed by atoms with Gasteiger partial charge in [0.2, 0.25) is 0 Å². The lowest BCUT2D eigenvalue weighted by atomic mass is 10.0. The average molecular weight is 238 g/mol. The number of hydrogen-bond donors (Lipinski definition) is 0. The highest BCUT2D eigenvalue weighted by Gasteiger charge is 2.12. The standard InChI is InChI=1S/C16H14O2/c1-5-11-8-9-14-15(12(11)6-2)16(17)10(4)13(7-3)18-14/h5-9H,1-3H2,4H3. The quantitative estimate of drug-likeness (QED) is 0.808. The van der Waals surface area contributed by atoms with Crippen LogP contribution >= 0.6 is 0 Å². The van der Waals surface area contributed by atoms with Crippen molar-refractivity contribution in [2.24, 2.45) is 0 Å². The lowest BCUT2D eigenvalue weighted by Crippen LogP contribution is -2.09. The third kappa shape index (κ3) is 1.63. The molecule has 0 saturated heterocycles. The molecule has 0 N–H and O–H groups in total. The zero-order chi connectivity index (χ0) is 13.3. The van der Waals surface area contributed by atoms with E-state index in [1.54, 1.807) is 31.2 Å². The van der Waals surface area contributed by atoms with Crippen LogP contribution in [-0.4, -0.2) is 0 Å². The second-order valence-corrected chi connectivity index (χ2v) is 3.97. The van der Waals surface area contributed by atoms with Gasteiger partial charge in [0.25, 0.3) is 0 Å². The predicted molar refractivity (Wildman–Crippen MR) is 77.5 cm³/mol. The molecule has 0 radical (unpaired) electrons. The third-order valence-corrected chi connectivity index (χ3v) is 3.01. The van der Waals surface area contributed by atoms with Crippen molar-refractivity contribution in [3.63, 3.8) is 0 Å². The van der Waals surface area contributed by atoms with Crippen LogP contribution in [0.25, 0.3) is 29.2 Å². The summed E-state index contributed by atoms with van der Waals surface area (Å²) in [6.45, 7) is 12.9. The Morgan fingerprint density at radius 2 is 1.83 bits per heavy atom. The van der Waals surface area contributed by atoms with Crippen LogP contribution in [0.4, 0.5) is 0 Å². The normalized spacial score (nSPS) is 10.3. The minimum Gasteiger partial charge on any atom is -0.456 e. The zero-order valence-corrected chi connectivity index (χ0v) is 10.3. The second-order valence-electron chi connectivity index (χ2n) is 3.97. The van der Waals surface area contributed by atoms with Crippen LogP contribution in [0, 0.1) is 6.92 Å². The summed E-state index contributed by atoms with van der Waals surface area (Å²) in [5.74, 6) is 0.508. The van der Waals surface area contributed by atoms with Crippen molar-refractivity contribution in [1.29, 1.82) is 0 Å². The molecule has 2 aromatic rings. The van der Waals surface area contributed by atoms with Crippen molar-refractivity contribution in [1.82, 2.24) is 0 Å². The fraction of sp³-hybridized carbons (Fsp3) is 0.0625. The maximum Gasteiger partial charge on any atom is 0.196 e. The van der Waals surface area contributed by atoms with Gasteiger partial charge in [-0.1, -0.05) is 38.0 Å². The lowest BCUT2D eigenvalue weighted by molar-refractivity contribution is 0.585. The molecule has 0 spiro atoms. The minimum atomic E-state index is -0.0512. The molecule has 0 bridgehead atoms. The zero-order valence-electron chi connectivity index (χ0n) is 10.3. The van der Waals surface area contributed by atoms with E-state index in [1.165, 1.54) is 0 Å². The van der Waals surface area contributed by atoms with Crippen molar-refractivity contribution in [3.05, 3.63) is 64.5 Å². The maximum atomic E-state index is 12.4. The Labute approximate surface area is 106 Å². The molecule has 2 heteroatoms. The number of fused-ring (bicyclic) bond motifs is 1. The van der Waals surface area contributed by atoms with Crippen LogP contribution in [0.3, 0.4) is 0 Å². The molecule has 1 aromatic carbocycles. The van der Waals surface area contributed by atoms with Crippen LogP contribution in [0.5, 0.6) is 0 Å². The molecule has 1 heterocycles. The van der Waals surface area contributed by atoms with Crippen molar-refractivity contribution in [3.8, 4) is 0 Å². The second kappa shape index (κ2) is 4.49. The summed E-state index contributed by atoms with van der Waals surface area (Å²) < 4.78 is 5.66. The summed E-state index contributed by atoms with van der Waals surface area (Å²) in [5, 5.41) is 0.547. The van der Waals surface area contributed by atoms with Gasteiger partial charge < -0.3 is 4.42 Å². The summed E-state index contributed by atoms with van der Waals surface area (Å²) in [6, 6.07) is 3.63. The number of rotatable bonds is 3. The van der Waals surface area contributed by atoms with Gasteiger partial charge in [-0.2, -0.15) is 0 Å². The molecule has 0 fully saturated rings. The smallest absolute Gasteiger partial charge is 0.196 e. The first kappa shape index (κ1) is 12.1. The van der Waals surface area contributed by atoms with Crippen molar-refractivity contribution in [2.75, 3.05) is 0 Å². The van der Waals surface area contributed by atoms with Crippen LogP contribution in [-0.2, 0) is 0 Å². The topological polar surface area (TPSA) is 30.2 Å². The average Bonchev–Trinajstić information content (AvgIpc) is 2.41. The molecule has 0 amide bonds. The lowest BCUT2D eigenvalue weighted by Gasteiger charge is -2.08. The molecule has 0 atom stereocenters. The van der Waals surface area contributed by atoms with E-state index in [0.717, 1.165) is 11.1 Å². The van der Waals surface area contributed by atoms with Gasteiger partial charge in [0.1, 0.15) is 11.3 Å².